The molecule has 0 N–H and O–H groups in total. The minimum Gasteiger partial charge on any atom is -0.300 e. The van der Waals surface area contributed by atoms with Gasteiger partial charge in [0.2, 0.25) is 0 Å². The van der Waals surface area contributed by atoms with Crippen molar-refractivity contribution in [2.45, 2.75) is 46.0 Å². The third-order valence-corrected chi connectivity index (χ3v) is 4.15. The lowest BCUT2D eigenvalue weighted by Crippen LogP contribution is -2.02. The molecule has 0 heterocycles. The largest absolute Gasteiger partial charge is 0.300 e. The molecule has 0 bridgehead atoms. The Morgan fingerprint density at radius 1 is 1.10 bits per heavy atom. The van der Waals surface area contributed by atoms with Crippen LogP contribution in [0.2, 0.25) is 0 Å². The number of hydrogen-bond donors (Lipinski definition) is 0. The summed E-state index contributed by atoms with van der Waals surface area (Å²) in [5, 5.41) is 0. The predicted octanol–water partition coefficient (Wildman–Crippen LogP) is 4.98. The van der Waals surface area contributed by atoms with E-state index in [1.54, 1.807) is 6.92 Å². The molecule has 1 saturated carbocycles. The molecule has 0 amide bonds. The topological polar surface area (TPSA) is 17.1 Å². The second kappa shape index (κ2) is 5.48. The second-order valence-electron chi connectivity index (χ2n) is 6.41. The Bertz CT molecular complexity index is 673. The van der Waals surface area contributed by atoms with Gasteiger partial charge < -0.3 is 0 Å². The molecule has 1 aliphatic carbocycles. The highest BCUT2D eigenvalue weighted by Crippen LogP contribution is 2.46. The van der Waals surface area contributed by atoms with Crippen LogP contribution in [0.1, 0.15) is 47.9 Å². The summed E-state index contributed by atoms with van der Waals surface area (Å²) in [5.41, 5.74) is 7.84. The van der Waals surface area contributed by atoms with Crippen LogP contribution in [0.25, 0.3) is 11.1 Å². The quantitative estimate of drug-likeness (QED) is 0.771. The Kier molecular flexibility index (Phi) is 3.67. The lowest BCUT2D eigenvalue weighted by molar-refractivity contribution is -0.116. The first-order valence-corrected chi connectivity index (χ1v) is 7.74. The van der Waals surface area contributed by atoms with Crippen molar-refractivity contribution in [1.29, 1.82) is 0 Å². The first-order chi connectivity index (χ1) is 10.0. The Morgan fingerprint density at radius 3 is 2.33 bits per heavy atom. The van der Waals surface area contributed by atoms with E-state index >= 15 is 0 Å². The van der Waals surface area contributed by atoms with Crippen LogP contribution >= 0.6 is 0 Å². The smallest absolute Gasteiger partial charge is 0.134 e. The van der Waals surface area contributed by atoms with Gasteiger partial charge in [0.15, 0.2) is 0 Å². The van der Waals surface area contributed by atoms with Gasteiger partial charge in [-0.05, 0) is 61.8 Å². The van der Waals surface area contributed by atoms with Gasteiger partial charge in [-0.1, -0.05) is 47.5 Å². The van der Waals surface area contributed by atoms with Crippen molar-refractivity contribution in [1.82, 2.24) is 0 Å². The summed E-state index contributed by atoms with van der Waals surface area (Å²) in [6.45, 7) is 5.97. The number of carbonyl (C=O) groups is 1. The molecule has 1 heteroatoms. The van der Waals surface area contributed by atoms with Crippen LogP contribution in [0.15, 0.2) is 36.4 Å². The fraction of sp³-hybridized carbons (Fsp3) is 0.350. The van der Waals surface area contributed by atoms with Gasteiger partial charge in [0.1, 0.15) is 5.78 Å². The number of rotatable bonds is 4. The number of hydrogen-bond acceptors (Lipinski definition) is 1. The molecule has 1 nitrogen and oxygen atoms in total. The van der Waals surface area contributed by atoms with E-state index in [-0.39, 0.29) is 5.78 Å². The molecule has 0 spiro atoms. The summed E-state index contributed by atoms with van der Waals surface area (Å²) in [6.07, 6.45) is 3.07. The van der Waals surface area contributed by atoms with Crippen LogP contribution in [0.5, 0.6) is 0 Å². The summed E-state index contributed by atoms with van der Waals surface area (Å²) in [7, 11) is 0. The van der Waals surface area contributed by atoms with Crippen LogP contribution in [0.4, 0.5) is 0 Å². The summed E-state index contributed by atoms with van der Waals surface area (Å²) in [5.74, 6) is 0.894. The summed E-state index contributed by atoms with van der Waals surface area (Å²) in [6, 6.07) is 13.2. The molecule has 0 aromatic heterocycles. The maximum atomic E-state index is 11.6. The van der Waals surface area contributed by atoms with Gasteiger partial charge in [0.25, 0.3) is 0 Å². The monoisotopic (exact) mass is 278 g/mol. The van der Waals surface area contributed by atoms with Gasteiger partial charge in [-0.3, -0.25) is 4.79 Å². The van der Waals surface area contributed by atoms with Crippen molar-refractivity contribution in [2.24, 2.45) is 0 Å². The van der Waals surface area contributed by atoms with E-state index in [1.807, 2.05) is 0 Å². The Labute approximate surface area is 127 Å². The van der Waals surface area contributed by atoms with Gasteiger partial charge in [0.05, 0.1) is 0 Å². The lowest BCUT2D eigenvalue weighted by atomic mass is 9.89. The molecule has 0 radical (unpaired) electrons. The third-order valence-electron chi connectivity index (χ3n) is 4.15. The van der Waals surface area contributed by atoms with Crippen LogP contribution in [0.3, 0.4) is 0 Å². The van der Waals surface area contributed by atoms with Crippen molar-refractivity contribution < 1.29 is 4.79 Å². The average molecular weight is 278 g/mol. The maximum Gasteiger partial charge on any atom is 0.134 e. The van der Waals surface area contributed by atoms with Crippen LogP contribution < -0.4 is 0 Å². The fourth-order valence-electron chi connectivity index (χ4n) is 3.27. The standard InChI is InChI=1S/C20H22O/c1-13-9-14(2)11-18(10-13)19-6-4-5-17(12-15(3)21)20(19)16-7-8-16/h4-6,9-11,16H,7-8,12H2,1-3H3. The Morgan fingerprint density at radius 2 is 1.76 bits per heavy atom. The van der Waals surface area contributed by atoms with Gasteiger partial charge in [0, 0.05) is 6.42 Å². The van der Waals surface area contributed by atoms with E-state index in [0.717, 1.165) is 0 Å². The lowest BCUT2D eigenvalue weighted by Gasteiger charge is -2.15. The minimum atomic E-state index is 0.245. The van der Waals surface area contributed by atoms with Gasteiger partial charge in [-0.15, -0.1) is 0 Å². The Balaban J connectivity index is 2.15. The highest BCUT2D eigenvalue weighted by Gasteiger charge is 2.29. The molecule has 1 fully saturated rings. The minimum absolute atomic E-state index is 0.245. The van der Waals surface area contributed by atoms with Gasteiger partial charge in [-0.25, -0.2) is 0 Å². The second-order valence-corrected chi connectivity index (χ2v) is 6.41. The first kappa shape index (κ1) is 14.1. The highest BCUT2D eigenvalue weighted by molar-refractivity contribution is 5.80. The van der Waals surface area contributed by atoms with Crippen molar-refractivity contribution >= 4 is 5.78 Å². The van der Waals surface area contributed by atoms with Gasteiger partial charge >= 0.3 is 0 Å². The Hall–Kier alpha value is -1.89. The predicted molar refractivity (Wildman–Crippen MR) is 87.7 cm³/mol. The van der Waals surface area contributed by atoms with Crippen molar-refractivity contribution in [3.63, 3.8) is 0 Å². The van der Waals surface area contributed by atoms with E-state index in [4.69, 9.17) is 0 Å². The van der Waals surface area contributed by atoms with Gasteiger partial charge in [-0.2, -0.15) is 0 Å². The molecule has 108 valence electrons. The van der Waals surface area contributed by atoms with E-state index in [2.05, 4.69) is 50.2 Å². The zero-order valence-corrected chi connectivity index (χ0v) is 13.1. The van der Waals surface area contributed by atoms with Crippen LogP contribution in [-0.2, 0) is 11.2 Å². The van der Waals surface area contributed by atoms with E-state index in [9.17, 15) is 4.79 Å². The van der Waals surface area contributed by atoms with Crippen LogP contribution in [0, 0.1) is 13.8 Å². The molecule has 21 heavy (non-hydrogen) atoms. The summed E-state index contributed by atoms with van der Waals surface area (Å²) < 4.78 is 0. The molecule has 1 aliphatic rings. The molecule has 0 unspecified atom stereocenters. The van der Waals surface area contributed by atoms with Crippen molar-refractivity contribution in [2.75, 3.05) is 0 Å². The SMILES string of the molecule is CC(=O)Cc1cccc(-c2cc(C)cc(C)c2)c1C1CC1. The zero-order valence-electron chi connectivity index (χ0n) is 13.1. The number of benzene rings is 2. The summed E-state index contributed by atoms with van der Waals surface area (Å²) in [4.78, 5) is 11.6. The van der Waals surface area contributed by atoms with Crippen LogP contribution in [-0.4, -0.2) is 5.78 Å². The molecule has 0 saturated heterocycles. The number of carbonyl (C=O) groups excluding carboxylic acids is 1. The average Bonchev–Trinajstić information content (AvgIpc) is 3.20. The molecule has 2 aromatic rings. The number of Topliss-reactive ketones (excluding diaryl/α,β-unsaturated/α-hetero) is 1. The summed E-state index contributed by atoms with van der Waals surface area (Å²) >= 11 is 0. The molecular formula is C20H22O. The molecule has 2 aromatic carbocycles. The normalized spacial score (nSPS) is 14.2. The fourth-order valence-corrected chi connectivity index (χ4v) is 3.27. The van der Waals surface area contributed by atoms with E-state index < -0.39 is 0 Å². The molecule has 0 atom stereocenters. The third kappa shape index (κ3) is 3.07. The van der Waals surface area contributed by atoms with E-state index in [0.29, 0.717) is 12.3 Å². The zero-order chi connectivity index (χ0) is 15.0. The van der Waals surface area contributed by atoms with E-state index in [1.165, 1.54) is 46.2 Å². The first-order valence-electron chi connectivity index (χ1n) is 7.74. The van der Waals surface area contributed by atoms with Crippen molar-refractivity contribution in [3.8, 4) is 11.1 Å². The van der Waals surface area contributed by atoms with Crippen molar-refractivity contribution in [3.05, 3.63) is 58.7 Å². The molecule has 3 rings (SSSR count). The molecular weight excluding hydrogens is 256 g/mol. The molecule has 0 aliphatic heterocycles. The number of aryl methyl sites for hydroxylation is 2. The maximum absolute atomic E-state index is 11.6. The number of ketones is 1. The highest BCUT2D eigenvalue weighted by atomic mass is 16.1.